The number of hydrogen-bond donors (Lipinski definition) is 1. The van der Waals surface area contributed by atoms with Crippen molar-refractivity contribution in [1.29, 1.82) is 0 Å². The first-order valence-electron chi connectivity index (χ1n) is 7.02. The lowest BCUT2D eigenvalue weighted by Gasteiger charge is -2.29. The molecule has 1 fully saturated rings. The van der Waals surface area contributed by atoms with Gasteiger partial charge in [0.2, 0.25) is 10.0 Å². The Morgan fingerprint density at radius 2 is 1.81 bits per heavy atom. The Bertz CT molecular complexity index is 555. The molecular weight excluding hydrogens is 314 g/mol. The van der Waals surface area contributed by atoms with E-state index in [4.69, 9.17) is 16.3 Å². The summed E-state index contributed by atoms with van der Waals surface area (Å²) < 4.78 is 32.1. The molecule has 0 aliphatic heterocycles. The molecule has 1 aliphatic rings. The Balaban J connectivity index is 1.82. The zero-order valence-corrected chi connectivity index (χ0v) is 13.7. The number of halogens is 1. The van der Waals surface area contributed by atoms with Crippen LogP contribution in [0.2, 0.25) is 5.02 Å². The highest BCUT2D eigenvalue weighted by atomic mass is 35.5. The monoisotopic (exact) mass is 333 g/mol. The van der Waals surface area contributed by atoms with Crippen molar-refractivity contribution in [2.45, 2.75) is 56.9 Å². The van der Waals surface area contributed by atoms with Crippen molar-refractivity contribution in [1.82, 2.24) is 14.7 Å². The number of sulfonamides is 1. The molecule has 1 aromatic heterocycles. The van der Waals surface area contributed by atoms with Crippen molar-refractivity contribution < 1.29 is 13.2 Å². The van der Waals surface area contributed by atoms with Gasteiger partial charge in [-0.05, 0) is 39.5 Å². The van der Waals surface area contributed by atoms with E-state index in [0.29, 0.717) is 11.0 Å². The zero-order valence-electron chi connectivity index (χ0n) is 12.1. The van der Waals surface area contributed by atoms with E-state index in [2.05, 4.69) is 14.7 Å². The first kappa shape index (κ1) is 16.5. The molecule has 1 heterocycles. The maximum absolute atomic E-state index is 11.8. The number of aromatic nitrogens is 2. The number of rotatable bonds is 5. The quantitative estimate of drug-likeness (QED) is 0.892. The van der Waals surface area contributed by atoms with Crippen LogP contribution in [0.3, 0.4) is 0 Å². The van der Waals surface area contributed by atoms with Crippen LogP contribution >= 0.6 is 11.6 Å². The Labute approximate surface area is 130 Å². The van der Waals surface area contributed by atoms with Gasteiger partial charge in [0, 0.05) is 6.04 Å². The minimum absolute atomic E-state index is 0.0108. The van der Waals surface area contributed by atoms with Crippen molar-refractivity contribution >= 4 is 21.6 Å². The fourth-order valence-electron chi connectivity index (χ4n) is 2.18. The number of nitrogens with one attached hydrogen (secondary N) is 1. The first-order chi connectivity index (χ1) is 9.87. The second-order valence-electron chi connectivity index (χ2n) is 5.49. The predicted molar refractivity (Wildman–Crippen MR) is 80.9 cm³/mol. The second kappa shape index (κ2) is 6.89. The number of nitrogens with zero attached hydrogens (tertiary/aromatic N) is 2. The van der Waals surface area contributed by atoms with Gasteiger partial charge in [0.15, 0.2) is 0 Å². The Hall–Kier alpha value is -0.920. The minimum atomic E-state index is -3.21. The van der Waals surface area contributed by atoms with Crippen LogP contribution in [0.4, 0.5) is 0 Å². The second-order valence-corrected chi connectivity index (χ2v) is 8.19. The van der Waals surface area contributed by atoms with Gasteiger partial charge in [-0.1, -0.05) is 11.6 Å². The van der Waals surface area contributed by atoms with Gasteiger partial charge >= 0.3 is 6.01 Å². The van der Waals surface area contributed by atoms with E-state index >= 15 is 0 Å². The summed E-state index contributed by atoms with van der Waals surface area (Å²) in [5.74, 6) is 0. The standard InChI is InChI=1S/C13H20ClN3O3S/c1-9(2)21(18,19)17-11-3-5-12(6-4-11)20-13-15-7-10(14)8-16-13/h7-9,11-12,17H,3-6H2,1-2H3. The number of ether oxygens (including phenoxy) is 1. The lowest BCUT2D eigenvalue weighted by atomic mass is 9.94. The van der Waals surface area contributed by atoms with E-state index in [1.165, 1.54) is 12.4 Å². The van der Waals surface area contributed by atoms with Crippen molar-refractivity contribution in [3.63, 3.8) is 0 Å². The van der Waals surface area contributed by atoms with Gasteiger partial charge in [-0.3, -0.25) is 0 Å². The summed E-state index contributed by atoms with van der Waals surface area (Å²) in [6, 6.07) is 0.300. The van der Waals surface area contributed by atoms with Crippen molar-refractivity contribution in [2.24, 2.45) is 0 Å². The normalized spacial score (nSPS) is 23.2. The lowest BCUT2D eigenvalue weighted by Crippen LogP contribution is -2.42. The van der Waals surface area contributed by atoms with Gasteiger partial charge in [-0.25, -0.2) is 23.1 Å². The molecule has 1 aliphatic carbocycles. The lowest BCUT2D eigenvalue weighted by molar-refractivity contribution is 0.132. The molecule has 1 N–H and O–H groups in total. The third-order valence-electron chi connectivity index (χ3n) is 3.49. The number of hydrogen-bond acceptors (Lipinski definition) is 5. The summed E-state index contributed by atoms with van der Waals surface area (Å²) in [6.45, 7) is 3.35. The molecule has 8 heteroatoms. The van der Waals surface area contributed by atoms with E-state index in [1.807, 2.05) is 0 Å². The highest BCUT2D eigenvalue weighted by Crippen LogP contribution is 2.23. The molecule has 0 spiro atoms. The van der Waals surface area contributed by atoms with Crippen molar-refractivity contribution in [2.75, 3.05) is 0 Å². The molecule has 0 unspecified atom stereocenters. The topological polar surface area (TPSA) is 81.2 Å². The average molecular weight is 334 g/mol. The summed E-state index contributed by atoms with van der Waals surface area (Å²) in [6.07, 6.45) is 6.06. The highest BCUT2D eigenvalue weighted by Gasteiger charge is 2.27. The van der Waals surface area contributed by atoms with Crippen molar-refractivity contribution in [3.8, 4) is 6.01 Å². The predicted octanol–water partition coefficient (Wildman–Crippen LogP) is 2.15. The molecule has 6 nitrogen and oxygen atoms in total. The largest absolute Gasteiger partial charge is 0.460 e. The fraction of sp³-hybridized carbons (Fsp3) is 0.692. The molecule has 0 amide bonds. The molecule has 118 valence electrons. The van der Waals surface area contributed by atoms with Gasteiger partial charge in [0.1, 0.15) is 6.10 Å². The van der Waals surface area contributed by atoms with E-state index in [1.54, 1.807) is 13.8 Å². The van der Waals surface area contributed by atoms with Gasteiger partial charge in [-0.15, -0.1) is 0 Å². The summed E-state index contributed by atoms with van der Waals surface area (Å²) in [4.78, 5) is 7.99. The smallest absolute Gasteiger partial charge is 0.316 e. The highest BCUT2D eigenvalue weighted by molar-refractivity contribution is 7.90. The summed E-state index contributed by atoms with van der Waals surface area (Å²) >= 11 is 5.71. The maximum Gasteiger partial charge on any atom is 0.316 e. The zero-order chi connectivity index (χ0) is 15.5. The van der Waals surface area contributed by atoms with Crippen LogP contribution in [0.15, 0.2) is 12.4 Å². The Morgan fingerprint density at radius 3 is 2.33 bits per heavy atom. The minimum Gasteiger partial charge on any atom is -0.460 e. The summed E-state index contributed by atoms with van der Waals surface area (Å²) in [5.41, 5.74) is 0. The molecule has 0 bridgehead atoms. The first-order valence-corrected chi connectivity index (χ1v) is 8.94. The van der Waals surface area contributed by atoms with Crippen LogP contribution in [0.1, 0.15) is 39.5 Å². The molecule has 0 radical (unpaired) electrons. The van der Waals surface area contributed by atoms with E-state index in [9.17, 15) is 8.42 Å². The van der Waals surface area contributed by atoms with Crippen LogP contribution in [0, 0.1) is 0 Å². The van der Waals surface area contributed by atoms with Crippen LogP contribution in [0.25, 0.3) is 0 Å². The summed E-state index contributed by atoms with van der Waals surface area (Å²) in [5, 5.41) is 0.0584. The molecule has 21 heavy (non-hydrogen) atoms. The molecule has 0 atom stereocenters. The van der Waals surface area contributed by atoms with Crippen LogP contribution < -0.4 is 9.46 Å². The molecule has 2 rings (SSSR count). The Kier molecular flexibility index (Phi) is 5.40. The van der Waals surface area contributed by atoms with Crippen LogP contribution in [0.5, 0.6) is 6.01 Å². The molecular formula is C13H20ClN3O3S. The van der Waals surface area contributed by atoms with Gasteiger partial charge < -0.3 is 4.74 Å². The fourth-order valence-corrected chi connectivity index (χ4v) is 3.25. The van der Waals surface area contributed by atoms with E-state index in [0.717, 1.165) is 25.7 Å². The van der Waals surface area contributed by atoms with Crippen LogP contribution in [-0.4, -0.2) is 35.8 Å². The van der Waals surface area contributed by atoms with E-state index < -0.39 is 15.3 Å². The van der Waals surface area contributed by atoms with Gasteiger partial charge in [0.05, 0.1) is 22.7 Å². The molecule has 1 saturated carbocycles. The third-order valence-corrected chi connectivity index (χ3v) is 5.59. The van der Waals surface area contributed by atoms with Crippen LogP contribution in [-0.2, 0) is 10.0 Å². The van der Waals surface area contributed by atoms with E-state index in [-0.39, 0.29) is 12.1 Å². The average Bonchev–Trinajstić information content (AvgIpc) is 2.43. The summed E-state index contributed by atoms with van der Waals surface area (Å²) in [7, 11) is -3.21. The van der Waals surface area contributed by atoms with Crippen molar-refractivity contribution in [3.05, 3.63) is 17.4 Å². The maximum atomic E-state index is 11.8. The Morgan fingerprint density at radius 1 is 1.24 bits per heavy atom. The molecule has 1 aromatic rings. The third kappa shape index (κ3) is 4.79. The molecule has 0 aromatic carbocycles. The molecule has 0 saturated heterocycles. The van der Waals surface area contributed by atoms with Gasteiger partial charge in [-0.2, -0.15) is 0 Å². The van der Waals surface area contributed by atoms with Gasteiger partial charge in [0.25, 0.3) is 0 Å². The SMILES string of the molecule is CC(C)S(=O)(=O)NC1CCC(Oc2ncc(Cl)cn2)CC1.